The van der Waals surface area contributed by atoms with E-state index in [0.717, 1.165) is 25.0 Å². The molecule has 1 saturated heterocycles. The maximum absolute atomic E-state index is 11.8. The van der Waals surface area contributed by atoms with E-state index in [2.05, 4.69) is 6.58 Å². The molecule has 0 bridgehead atoms. The fourth-order valence-corrected chi connectivity index (χ4v) is 2.95. The van der Waals surface area contributed by atoms with Crippen LogP contribution in [0.4, 0.5) is 0 Å². The maximum Gasteiger partial charge on any atom is 0.354 e. The largest absolute Gasteiger partial charge is 0.464 e. The fourth-order valence-electron chi connectivity index (χ4n) is 2.95. The Morgan fingerprint density at radius 2 is 2.45 bits per heavy atom. The molecule has 2 atom stereocenters. The third kappa shape index (κ3) is 2.17. The van der Waals surface area contributed by atoms with Gasteiger partial charge in [0.1, 0.15) is 5.69 Å². The number of nitrogens with zero attached hydrogens (tertiary/aromatic N) is 1. The molecule has 0 saturated carbocycles. The molecule has 3 rings (SSSR count). The minimum absolute atomic E-state index is 0.0161. The molecule has 1 spiro atoms. The van der Waals surface area contributed by atoms with Crippen LogP contribution in [0.1, 0.15) is 35.4 Å². The Bertz CT molecular complexity index is 536. The van der Waals surface area contributed by atoms with Gasteiger partial charge in [-0.3, -0.25) is 0 Å². The van der Waals surface area contributed by atoms with E-state index in [9.17, 15) is 4.79 Å². The molecule has 5 nitrogen and oxygen atoms in total. The van der Waals surface area contributed by atoms with Crippen LogP contribution in [-0.4, -0.2) is 29.5 Å². The molecule has 0 radical (unpaired) electrons. The van der Waals surface area contributed by atoms with Crippen LogP contribution in [0, 0.1) is 0 Å². The SMILES string of the molecule is C=C[C@H]1CCC[C@@]2(Cn3c(ccc3C(=O)OC)CO2)O1. The normalized spacial score (nSPS) is 28.9. The lowest BCUT2D eigenvalue weighted by Crippen LogP contribution is -2.49. The van der Waals surface area contributed by atoms with E-state index in [4.69, 9.17) is 14.2 Å². The van der Waals surface area contributed by atoms with Crippen LogP contribution in [-0.2, 0) is 27.4 Å². The predicted octanol–water partition coefficient (Wildman–Crippen LogP) is 2.26. The number of rotatable bonds is 2. The molecule has 1 fully saturated rings. The number of fused-ring (bicyclic) bond motifs is 1. The second kappa shape index (κ2) is 5.07. The molecule has 1 aromatic rings. The molecule has 108 valence electrons. The first-order valence-corrected chi connectivity index (χ1v) is 6.88. The lowest BCUT2D eigenvalue weighted by molar-refractivity contribution is -0.293. The zero-order valence-corrected chi connectivity index (χ0v) is 11.6. The molecule has 2 aliphatic heterocycles. The van der Waals surface area contributed by atoms with E-state index in [1.54, 1.807) is 6.07 Å². The van der Waals surface area contributed by atoms with Crippen molar-refractivity contribution in [1.82, 2.24) is 4.57 Å². The van der Waals surface area contributed by atoms with E-state index < -0.39 is 5.79 Å². The first kappa shape index (κ1) is 13.4. The second-order valence-electron chi connectivity index (χ2n) is 5.27. The summed E-state index contributed by atoms with van der Waals surface area (Å²) in [7, 11) is 1.39. The average molecular weight is 277 g/mol. The van der Waals surface area contributed by atoms with Crippen LogP contribution in [0.5, 0.6) is 0 Å². The number of carbonyl (C=O) groups excluding carboxylic acids is 1. The molecule has 0 aromatic carbocycles. The molecule has 3 heterocycles. The zero-order valence-electron chi connectivity index (χ0n) is 11.6. The van der Waals surface area contributed by atoms with E-state index >= 15 is 0 Å². The summed E-state index contributed by atoms with van der Waals surface area (Å²) < 4.78 is 18.8. The van der Waals surface area contributed by atoms with Crippen LogP contribution in [0.15, 0.2) is 24.8 Å². The highest BCUT2D eigenvalue weighted by molar-refractivity contribution is 5.87. The Labute approximate surface area is 118 Å². The Hall–Kier alpha value is -1.59. The first-order valence-electron chi connectivity index (χ1n) is 6.88. The van der Waals surface area contributed by atoms with Gasteiger partial charge in [0.15, 0.2) is 5.79 Å². The number of esters is 1. The molecular weight excluding hydrogens is 258 g/mol. The van der Waals surface area contributed by atoms with E-state index in [1.165, 1.54) is 7.11 Å². The highest BCUT2D eigenvalue weighted by atomic mass is 16.7. The molecule has 1 aromatic heterocycles. The molecule has 0 unspecified atom stereocenters. The Morgan fingerprint density at radius 1 is 1.60 bits per heavy atom. The number of carbonyl (C=O) groups is 1. The standard InChI is InChI=1S/C15H19NO4/c1-3-12-5-4-8-15(20-12)10-16-11(9-19-15)6-7-13(16)14(17)18-2/h3,6-7,12H,1,4-5,8-10H2,2H3/t12-,15-/m0/s1. The minimum atomic E-state index is -0.647. The zero-order chi connectivity index (χ0) is 14.2. The lowest BCUT2D eigenvalue weighted by Gasteiger charge is -2.43. The first-order chi connectivity index (χ1) is 9.67. The Morgan fingerprint density at radius 3 is 3.20 bits per heavy atom. The lowest BCUT2D eigenvalue weighted by atomic mass is 10.00. The van der Waals surface area contributed by atoms with Crippen LogP contribution in [0.25, 0.3) is 0 Å². The van der Waals surface area contributed by atoms with E-state index in [-0.39, 0.29) is 12.1 Å². The molecule has 0 aliphatic carbocycles. The summed E-state index contributed by atoms with van der Waals surface area (Å²) in [5, 5.41) is 0. The van der Waals surface area contributed by atoms with Gasteiger partial charge in [-0.2, -0.15) is 0 Å². The van der Waals surface area contributed by atoms with Crippen LogP contribution in [0.3, 0.4) is 0 Å². The van der Waals surface area contributed by atoms with E-state index in [0.29, 0.717) is 18.8 Å². The smallest absolute Gasteiger partial charge is 0.354 e. The third-order valence-electron chi connectivity index (χ3n) is 4.02. The number of methoxy groups -OCH3 is 1. The molecule has 0 N–H and O–H groups in total. The van der Waals surface area contributed by atoms with Gasteiger partial charge < -0.3 is 18.8 Å². The molecular formula is C15H19NO4. The van der Waals surface area contributed by atoms with Crippen molar-refractivity contribution in [2.45, 2.75) is 44.3 Å². The highest BCUT2D eigenvalue weighted by Crippen LogP contribution is 2.36. The summed E-state index contributed by atoms with van der Waals surface area (Å²) in [6, 6.07) is 3.67. The van der Waals surface area contributed by atoms with Crippen molar-refractivity contribution in [3.8, 4) is 0 Å². The Kier molecular flexibility index (Phi) is 3.40. The topological polar surface area (TPSA) is 49.7 Å². The molecule has 0 amide bonds. The van der Waals surface area contributed by atoms with Crippen molar-refractivity contribution in [2.75, 3.05) is 7.11 Å². The number of aromatic nitrogens is 1. The maximum atomic E-state index is 11.8. The third-order valence-corrected chi connectivity index (χ3v) is 4.02. The predicted molar refractivity (Wildman–Crippen MR) is 72.2 cm³/mol. The van der Waals surface area contributed by atoms with Gasteiger partial charge in [0.2, 0.25) is 0 Å². The van der Waals surface area contributed by atoms with Gasteiger partial charge in [-0.25, -0.2) is 4.79 Å². The van der Waals surface area contributed by atoms with Gasteiger partial charge in [0.05, 0.1) is 26.4 Å². The number of hydrogen-bond acceptors (Lipinski definition) is 4. The van der Waals surface area contributed by atoms with Crippen LogP contribution < -0.4 is 0 Å². The Balaban J connectivity index is 1.88. The summed E-state index contributed by atoms with van der Waals surface area (Å²) in [4.78, 5) is 11.8. The van der Waals surface area contributed by atoms with Crippen molar-refractivity contribution in [3.63, 3.8) is 0 Å². The van der Waals surface area contributed by atoms with Crippen molar-refractivity contribution in [1.29, 1.82) is 0 Å². The minimum Gasteiger partial charge on any atom is -0.464 e. The summed E-state index contributed by atoms with van der Waals surface area (Å²) in [6.45, 7) is 4.76. The van der Waals surface area contributed by atoms with Gasteiger partial charge in [0.25, 0.3) is 0 Å². The van der Waals surface area contributed by atoms with Gasteiger partial charge in [-0.1, -0.05) is 6.08 Å². The average Bonchev–Trinajstić information content (AvgIpc) is 2.89. The quantitative estimate of drug-likeness (QED) is 0.614. The van der Waals surface area contributed by atoms with E-state index in [1.807, 2.05) is 16.7 Å². The van der Waals surface area contributed by atoms with Crippen molar-refractivity contribution in [2.24, 2.45) is 0 Å². The molecule has 20 heavy (non-hydrogen) atoms. The highest BCUT2D eigenvalue weighted by Gasteiger charge is 2.42. The van der Waals surface area contributed by atoms with Crippen LogP contribution >= 0.6 is 0 Å². The summed E-state index contributed by atoms with van der Waals surface area (Å²) in [5.41, 5.74) is 1.52. The molecule has 5 heteroatoms. The van der Waals surface area contributed by atoms with Crippen molar-refractivity contribution in [3.05, 3.63) is 36.2 Å². The summed E-state index contributed by atoms with van der Waals surface area (Å²) in [5.74, 6) is -0.976. The summed E-state index contributed by atoms with van der Waals surface area (Å²) in [6.07, 6.45) is 4.66. The van der Waals surface area contributed by atoms with Crippen molar-refractivity contribution < 1.29 is 19.0 Å². The van der Waals surface area contributed by atoms with Gasteiger partial charge in [0, 0.05) is 12.1 Å². The van der Waals surface area contributed by atoms with Crippen molar-refractivity contribution >= 4 is 5.97 Å². The second-order valence-corrected chi connectivity index (χ2v) is 5.27. The van der Waals surface area contributed by atoms with Gasteiger partial charge in [-0.15, -0.1) is 6.58 Å². The number of ether oxygens (including phenoxy) is 3. The fraction of sp³-hybridized carbons (Fsp3) is 0.533. The van der Waals surface area contributed by atoms with Gasteiger partial charge in [-0.05, 0) is 25.0 Å². The van der Waals surface area contributed by atoms with Crippen LogP contribution in [0.2, 0.25) is 0 Å². The number of hydrogen-bond donors (Lipinski definition) is 0. The monoisotopic (exact) mass is 277 g/mol. The molecule has 2 aliphatic rings. The van der Waals surface area contributed by atoms with Gasteiger partial charge >= 0.3 is 5.97 Å². The summed E-state index contributed by atoms with van der Waals surface area (Å²) >= 11 is 0.